The highest BCUT2D eigenvalue weighted by Gasteiger charge is 2.24. The van der Waals surface area contributed by atoms with Crippen molar-refractivity contribution in [2.75, 3.05) is 7.05 Å². The van der Waals surface area contributed by atoms with E-state index < -0.39 is 6.09 Å². The van der Waals surface area contributed by atoms with Crippen LogP contribution in [0.25, 0.3) is 5.69 Å². The number of carbonyl (C=O) groups excluding carboxylic acids is 1. The molecule has 0 saturated carbocycles. The van der Waals surface area contributed by atoms with Gasteiger partial charge in [0.15, 0.2) is 0 Å². The van der Waals surface area contributed by atoms with E-state index in [1.54, 1.807) is 16.6 Å². The summed E-state index contributed by atoms with van der Waals surface area (Å²) in [7, 11) is 1.72. The topological polar surface area (TPSA) is 60.2 Å². The van der Waals surface area contributed by atoms with Crippen molar-refractivity contribution < 1.29 is 9.53 Å². The predicted molar refractivity (Wildman–Crippen MR) is 119 cm³/mol. The molecule has 0 aliphatic heterocycles. The first kappa shape index (κ1) is 22.2. The van der Waals surface area contributed by atoms with Crippen molar-refractivity contribution in [3.05, 3.63) is 64.9 Å². The van der Waals surface area contributed by atoms with Crippen LogP contribution in [0.15, 0.2) is 58.6 Å². The van der Waals surface area contributed by atoms with Crippen LogP contribution in [0.4, 0.5) is 4.79 Å². The molecule has 1 amide bonds. The molecule has 0 unspecified atom stereocenters. The van der Waals surface area contributed by atoms with Crippen LogP contribution in [0.2, 0.25) is 5.02 Å². The van der Waals surface area contributed by atoms with Crippen molar-refractivity contribution in [2.24, 2.45) is 0 Å². The summed E-state index contributed by atoms with van der Waals surface area (Å²) in [5.41, 5.74) is 1.98. The fourth-order valence-corrected chi connectivity index (χ4v) is 3.72. The molecule has 0 aliphatic carbocycles. The van der Waals surface area contributed by atoms with Crippen molar-refractivity contribution in [3.63, 3.8) is 0 Å². The molecular formula is C22H25ClN4O2S. The molecular weight excluding hydrogens is 420 g/mol. The summed E-state index contributed by atoms with van der Waals surface area (Å²) in [5.74, 6) is 0. The van der Waals surface area contributed by atoms with E-state index in [4.69, 9.17) is 16.3 Å². The van der Waals surface area contributed by atoms with Gasteiger partial charge in [-0.3, -0.25) is 0 Å². The quantitative estimate of drug-likeness (QED) is 0.501. The standard InChI is InChI=1S/C22H25ClN4O2S/c1-15-9-8-12-19(24-15)30-20-13-16(14-29-21(28)26(5)22(2,3)4)25-27(20)18-11-7-6-10-17(18)23/h6-13H,14H2,1-5H3. The number of ether oxygens (including phenoxy) is 1. The number of halogens is 1. The third kappa shape index (κ3) is 5.34. The monoisotopic (exact) mass is 444 g/mol. The van der Waals surface area contributed by atoms with Crippen LogP contribution in [0.5, 0.6) is 0 Å². The van der Waals surface area contributed by atoms with Gasteiger partial charge in [-0.15, -0.1) is 0 Å². The average molecular weight is 445 g/mol. The molecule has 2 heterocycles. The number of rotatable bonds is 5. The van der Waals surface area contributed by atoms with E-state index in [0.717, 1.165) is 21.4 Å². The molecule has 0 atom stereocenters. The SMILES string of the molecule is Cc1cccc(Sc2cc(COC(=O)N(C)C(C)(C)C)nn2-c2ccccc2Cl)n1. The second kappa shape index (κ2) is 9.10. The zero-order valence-corrected chi connectivity index (χ0v) is 19.3. The summed E-state index contributed by atoms with van der Waals surface area (Å²) in [6, 6.07) is 15.2. The van der Waals surface area contributed by atoms with Crippen molar-refractivity contribution in [1.29, 1.82) is 0 Å². The van der Waals surface area contributed by atoms with E-state index in [2.05, 4.69) is 10.1 Å². The van der Waals surface area contributed by atoms with Crippen molar-refractivity contribution in [3.8, 4) is 5.69 Å². The first-order valence-electron chi connectivity index (χ1n) is 9.51. The second-order valence-electron chi connectivity index (χ2n) is 7.84. The van der Waals surface area contributed by atoms with E-state index >= 15 is 0 Å². The van der Waals surface area contributed by atoms with Gasteiger partial charge in [0.1, 0.15) is 22.4 Å². The predicted octanol–water partition coefficient (Wildman–Crippen LogP) is 5.75. The number of hydrogen-bond acceptors (Lipinski definition) is 5. The van der Waals surface area contributed by atoms with E-state index in [1.165, 1.54) is 11.8 Å². The number of carbonyl (C=O) groups is 1. The fourth-order valence-electron chi connectivity index (χ4n) is 2.54. The summed E-state index contributed by atoms with van der Waals surface area (Å²) >= 11 is 7.89. The van der Waals surface area contributed by atoms with E-state index in [1.807, 2.05) is 76.2 Å². The minimum Gasteiger partial charge on any atom is -0.443 e. The lowest BCUT2D eigenvalue weighted by Crippen LogP contribution is -2.42. The van der Waals surface area contributed by atoms with Crippen molar-refractivity contribution in [2.45, 2.75) is 49.9 Å². The molecule has 2 aromatic heterocycles. The zero-order valence-electron chi connectivity index (χ0n) is 17.7. The Morgan fingerprint density at radius 2 is 1.93 bits per heavy atom. The van der Waals surface area contributed by atoms with E-state index in [0.29, 0.717) is 10.7 Å². The van der Waals surface area contributed by atoms with Gasteiger partial charge in [0, 0.05) is 18.3 Å². The molecule has 0 aliphatic rings. The normalized spacial score (nSPS) is 11.4. The van der Waals surface area contributed by atoms with Crippen LogP contribution in [0, 0.1) is 6.92 Å². The zero-order chi connectivity index (χ0) is 21.9. The Balaban J connectivity index is 1.88. The molecule has 8 heteroatoms. The summed E-state index contributed by atoms with van der Waals surface area (Å²) in [5, 5.41) is 6.90. The molecule has 158 valence electrons. The molecule has 3 aromatic rings. The van der Waals surface area contributed by atoms with Gasteiger partial charge in [-0.25, -0.2) is 14.5 Å². The minimum absolute atomic E-state index is 0.0610. The lowest BCUT2D eigenvalue weighted by molar-refractivity contribution is 0.0749. The Kier molecular flexibility index (Phi) is 6.73. The first-order chi connectivity index (χ1) is 14.1. The smallest absolute Gasteiger partial charge is 0.410 e. The Labute approximate surface area is 186 Å². The van der Waals surface area contributed by atoms with Gasteiger partial charge < -0.3 is 9.64 Å². The third-order valence-electron chi connectivity index (χ3n) is 4.50. The fraction of sp³-hybridized carbons (Fsp3) is 0.318. The highest BCUT2D eigenvalue weighted by molar-refractivity contribution is 7.99. The number of hydrogen-bond donors (Lipinski definition) is 0. The molecule has 0 radical (unpaired) electrons. The molecule has 0 spiro atoms. The highest BCUT2D eigenvalue weighted by Crippen LogP contribution is 2.31. The number of pyridine rings is 1. The van der Waals surface area contributed by atoms with E-state index in [-0.39, 0.29) is 12.1 Å². The molecule has 3 rings (SSSR count). The maximum atomic E-state index is 12.3. The largest absolute Gasteiger partial charge is 0.443 e. The summed E-state index contributed by atoms with van der Waals surface area (Å²) in [6.07, 6.45) is -0.399. The van der Waals surface area contributed by atoms with Gasteiger partial charge >= 0.3 is 6.09 Å². The van der Waals surface area contributed by atoms with Gasteiger partial charge in [-0.2, -0.15) is 5.10 Å². The van der Waals surface area contributed by atoms with Gasteiger partial charge in [0.25, 0.3) is 0 Å². The first-order valence-corrected chi connectivity index (χ1v) is 10.7. The van der Waals surface area contributed by atoms with Gasteiger partial charge in [-0.05, 0) is 69.8 Å². The van der Waals surface area contributed by atoms with Crippen molar-refractivity contribution in [1.82, 2.24) is 19.7 Å². The van der Waals surface area contributed by atoms with Crippen LogP contribution >= 0.6 is 23.4 Å². The van der Waals surface area contributed by atoms with Gasteiger partial charge in [0.2, 0.25) is 0 Å². The Hall–Kier alpha value is -2.51. The van der Waals surface area contributed by atoms with Crippen molar-refractivity contribution >= 4 is 29.5 Å². The lowest BCUT2D eigenvalue weighted by atomic mass is 10.1. The molecule has 0 fully saturated rings. The van der Waals surface area contributed by atoms with Gasteiger partial charge in [0.05, 0.1) is 10.7 Å². The summed E-state index contributed by atoms with van der Waals surface area (Å²) in [6.45, 7) is 7.86. The van der Waals surface area contributed by atoms with Crippen LogP contribution in [-0.4, -0.2) is 38.3 Å². The highest BCUT2D eigenvalue weighted by atomic mass is 35.5. The van der Waals surface area contributed by atoms with Gasteiger partial charge in [-0.1, -0.05) is 29.8 Å². The van der Waals surface area contributed by atoms with Crippen LogP contribution in [0.1, 0.15) is 32.2 Å². The number of nitrogens with zero attached hydrogens (tertiary/aromatic N) is 4. The minimum atomic E-state index is -0.399. The number of aromatic nitrogens is 3. The summed E-state index contributed by atoms with van der Waals surface area (Å²) < 4.78 is 7.23. The molecule has 0 bridgehead atoms. The second-order valence-corrected chi connectivity index (χ2v) is 9.29. The summed E-state index contributed by atoms with van der Waals surface area (Å²) in [4.78, 5) is 18.5. The van der Waals surface area contributed by atoms with E-state index in [9.17, 15) is 4.79 Å². The third-order valence-corrected chi connectivity index (χ3v) is 5.76. The number of amides is 1. The molecule has 0 saturated heterocycles. The molecule has 30 heavy (non-hydrogen) atoms. The number of para-hydroxylation sites is 1. The van der Waals surface area contributed by atoms with Crippen LogP contribution < -0.4 is 0 Å². The molecule has 0 N–H and O–H groups in total. The number of aryl methyl sites for hydroxylation is 1. The molecule has 6 nitrogen and oxygen atoms in total. The molecule has 1 aromatic carbocycles. The number of benzene rings is 1. The maximum Gasteiger partial charge on any atom is 0.410 e. The lowest BCUT2D eigenvalue weighted by Gasteiger charge is -2.30. The van der Waals surface area contributed by atoms with Crippen LogP contribution in [0.3, 0.4) is 0 Å². The Morgan fingerprint density at radius 3 is 2.60 bits per heavy atom. The average Bonchev–Trinajstić information content (AvgIpc) is 3.07. The Morgan fingerprint density at radius 1 is 1.20 bits per heavy atom. The maximum absolute atomic E-state index is 12.3. The van der Waals surface area contributed by atoms with Crippen LogP contribution in [-0.2, 0) is 11.3 Å². The Bertz CT molecular complexity index is 1050.